The lowest BCUT2D eigenvalue weighted by Crippen LogP contribution is -2.56. The van der Waals surface area contributed by atoms with Gasteiger partial charge in [0.25, 0.3) is 5.91 Å². The predicted octanol–water partition coefficient (Wildman–Crippen LogP) is 5.24. The van der Waals surface area contributed by atoms with Crippen LogP contribution in [0.3, 0.4) is 0 Å². The van der Waals surface area contributed by atoms with Gasteiger partial charge < -0.3 is 24.3 Å². The molecule has 2 N–H and O–H groups in total. The van der Waals surface area contributed by atoms with Gasteiger partial charge in [0.1, 0.15) is 34.8 Å². The van der Waals surface area contributed by atoms with Crippen molar-refractivity contribution >= 4 is 38.7 Å². The normalized spacial score (nSPS) is 22.8. The van der Waals surface area contributed by atoms with E-state index < -0.39 is 74.5 Å². The number of rotatable bonds is 11. The molecule has 17 heteroatoms. The second-order valence-corrected chi connectivity index (χ2v) is 16.2. The van der Waals surface area contributed by atoms with Crippen LogP contribution in [0.2, 0.25) is 0 Å². The van der Waals surface area contributed by atoms with Gasteiger partial charge >= 0.3 is 12.5 Å². The van der Waals surface area contributed by atoms with Gasteiger partial charge in [-0.15, -0.1) is 19.8 Å². The molecular weight excluding hydrogens is 721 g/mol. The van der Waals surface area contributed by atoms with Crippen LogP contribution in [-0.4, -0.2) is 84.8 Å². The molecule has 0 unspecified atom stereocenters. The Labute approximate surface area is 303 Å². The van der Waals surface area contributed by atoms with E-state index in [2.05, 4.69) is 26.3 Å². The number of benzene rings is 2. The molecule has 3 aromatic rings. The van der Waals surface area contributed by atoms with Crippen molar-refractivity contribution in [2.75, 3.05) is 13.7 Å². The summed E-state index contributed by atoms with van der Waals surface area (Å²) >= 11 is 0. The van der Waals surface area contributed by atoms with E-state index in [4.69, 9.17) is 14.2 Å². The minimum absolute atomic E-state index is 0.0606. The van der Waals surface area contributed by atoms with E-state index in [0.717, 1.165) is 12.1 Å². The minimum Gasteiger partial charge on any atom is -0.497 e. The summed E-state index contributed by atoms with van der Waals surface area (Å²) in [5.41, 5.74) is -1.72. The van der Waals surface area contributed by atoms with Crippen LogP contribution < -0.4 is 24.2 Å². The number of alkyl halides is 3. The first-order valence-electron chi connectivity index (χ1n) is 16.8. The highest BCUT2D eigenvalue weighted by atomic mass is 32.2. The van der Waals surface area contributed by atoms with Crippen LogP contribution in [0, 0.1) is 5.92 Å². The number of pyridine rings is 1. The van der Waals surface area contributed by atoms with Crippen LogP contribution in [-0.2, 0) is 24.3 Å². The zero-order valence-corrected chi connectivity index (χ0v) is 30.2. The Morgan fingerprint density at radius 3 is 2.30 bits per heavy atom. The summed E-state index contributed by atoms with van der Waals surface area (Å²) in [6, 6.07) is 10.8. The highest BCUT2D eigenvalue weighted by molar-refractivity contribution is 7.91. The lowest BCUT2D eigenvalue weighted by atomic mass is 10.1. The molecule has 3 fully saturated rings. The van der Waals surface area contributed by atoms with Crippen molar-refractivity contribution in [1.82, 2.24) is 19.9 Å². The lowest BCUT2D eigenvalue weighted by molar-refractivity contribution is -0.274. The first-order valence-corrected chi connectivity index (χ1v) is 18.4. The van der Waals surface area contributed by atoms with Gasteiger partial charge in [-0.1, -0.05) is 6.08 Å². The van der Waals surface area contributed by atoms with Gasteiger partial charge in [-0.2, -0.15) is 0 Å². The van der Waals surface area contributed by atoms with Crippen LogP contribution >= 0.6 is 0 Å². The number of halogens is 3. The largest absolute Gasteiger partial charge is 0.573 e. The summed E-state index contributed by atoms with van der Waals surface area (Å²) in [6.07, 6.45) is -4.12. The number of hydrogen-bond donors (Lipinski definition) is 2. The molecule has 1 saturated heterocycles. The molecular formula is C36H39F3N4O9S. The molecule has 0 radical (unpaired) electrons. The molecule has 0 bridgehead atoms. The number of hydrogen-bond acceptors (Lipinski definition) is 10. The number of nitrogens with zero attached hydrogens (tertiary/aromatic N) is 2. The molecule has 13 nitrogen and oxygen atoms in total. The fourth-order valence-corrected chi connectivity index (χ4v) is 7.59. The Morgan fingerprint density at radius 1 is 1.04 bits per heavy atom. The first kappa shape index (κ1) is 37.7. The third kappa shape index (κ3) is 8.45. The number of ether oxygens (including phenoxy) is 4. The highest BCUT2D eigenvalue weighted by Crippen LogP contribution is 2.45. The second-order valence-electron chi connectivity index (χ2n) is 14.3. The molecule has 1 aromatic heterocycles. The third-order valence-electron chi connectivity index (χ3n) is 9.11. The minimum atomic E-state index is -4.86. The molecule has 2 aromatic carbocycles. The summed E-state index contributed by atoms with van der Waals surface area (Å²) in [4.78, 5) is 46.7. The molecule has 1 aliphatic heterocycles. The summed E-state index contributed by atoms with van der Waals surface area (Å²) in [5.74, 6) is -1.92. The van der Waals surface area contributed by atoms with Gasteiger partial charge in [0.2, 0.25) is 21.8 Å². The Hall–Kier alpha value is -5.06. The number of carbonyl (C=O) groups excluding carboxylic acids is 3. The maximum Gasteiger partial charge on any atom is 0.573 e. The zero-order valence-electron chi connectivity index (χ0n) is 29.4. The van der Waals surface area contributed by atoms with Crippen molar-refractivity contribution < 1.29 is 54.9 Å². The summed E-state index contributed by atoms with van der Waals surface area (Å²) in [7, 11) is -2.42. The number of likely N-dealkylation sites (tertiary alicyclic amines) is 1. The maximum absolute atomic E-state index is 14.0. The van der Waals surface area contributed by atoms with Gasteiger partial charge in [-0.3, -0.25) is 19.2 Å². The van der Waals surface area contributed by atoms with Crippen molar-refractivity contribution in [2.45, 2.75) is 81.4 Å². The monoisotopic (exact) mass is 760 g/mol. The van der Waals surface area contributed by atoms with Gasteiger partial charge in [-0.25, -0.2) is 18.2 Å². The Bertz CT molecular complexity index is 2050. The number of fused-ring (bicyclic) bond motifs is 1. The second kappa shape index (κ2) is 13.7. The summed E-state index contributed by atoms with van der Waals surface area (Å²) in [5, 5.41) is 3.21. The van der Waals surface area contributed by atoms with Crippen molar-refractivity contribution in [1.29, 1.82) is 0 Å². The Kier molecular flexibility index (Phi) is 9.76. The molecule has 284 valence electrons. The standard InChI is InChI=1S/C36H39F3N4O9S/c1-6-22-18-35(22,32(45)42-53(47,48)26-12-13-26)41-30(44)29-17-25(19-43(29)33(46)52-34(2,3)4)50-31-27-14-11-24(49-5)15-21(27)16-28(40-31)20-7-9-23(10-8-20)51-36(37,38)39/h6-11,14-16,22,25-26,29H,1,12-13,17-19H2,2-5H3,(H,41,44)(H,42,45)/t22-,25-,29+,35-/m1/s1. The molecule has 3 amide bonds. The topological polar surface area (TPSA) is 162 Å². The van der Waals surface area contributed by atoms with Crippen molar-refractivity contribution in [3.8, 4) is 28.6 Å². The third-order valence-corrected chi connectivity index (χ3v) is 10.9. The van der Waals surface area contributed by atoms with E-state index in [1.165, 1.54) is 30.2 Å². The predicted molar refractivity (Wildman–Crippen MR) is 185 cm³/mol. The van der Waals surface area contributed by atoms with E-state index in [9.17, 15) is 36.0 Å². The molecule has 53 heavy (non-hydrogen) atoms. The first-order chi connectivity index (χ1) is 24.8. The Balaban J connectivity index is 1.29. The molecule has 0 spiro atoms. The molecule has 2 aliphatic carbocycles. The number of sulfonamides is 1. The average Bonchev–Trinajstić information content (AvgIpc) is 4.00. The van der Waals surface area contributed by atoms with E-state index in [0.29, 0.717) is 40.6 Å². The van der Waals surface area contributed by atoms with Crippen LogP contribution in [0.25, 0.3) is 22.0 Å². The van der Waals surface area contributed by atoms with E-state index >= 15 is 0 Å². The van der Waals surface area contributed by atoms with Crippen molar-refractivity contribution in [3.63, 3.8) is 0 Å². The molecule has 2 saturated carbocycles. The van der Waals surface area contributed by atoms with Gasteiger partial charge in [0.15, 0.2) is 0 Å². The summed E-state index contributed by atoms with van der Waals surface area (Å²) in [6.45, 7) is 8.60. The number of carbonyl (C=O) groups is 3. The van der Waals surface area contributed by atoms with Gasteiger partial charge in [0, 0.05) is 23.3 Å². The van der Waals surface area contributed by atoms with E-state index in [1.807, 2.05) is 0 Å². The van der Waals surface area contributed by atoms with Crippen molar-refractivity contribution in [3.05, 3.63) is 61.2 Å². The average molecular weight is 761 g/mol. The van der Waals surface area contributed by atoms with Crippen LogP contribution in [0.5, 0.6) is 17.4 Å². The van der Waals surface area contributed by atoms with Crippen LogP contribution in [0.15, 0.2) is 61.2 Å². The molecule has 3 aliphatic rings. The smallest absolute Gasteiger partial charge is 0.497 e. The molecule has 2 heterocycles. The zero-order chi connectivity index (χ0) is 38.5. The number of aromatic nitrogens is 1. The van der Waals surface area contributed by atoms with Crippen LogP contribution in [0.4, 0.5) is 18.0 Å². The van der Waals surface area contributed by atoms with Gasteiger partial charge in [-0.05, 0) is 94.0 Å². The Morgan fingerprint density at radius 2 is 1.72 bits per heavy atom. The number of methoxy groups -OCH3 is 1. The lowest BCUT2D eigenvalue weighted by Gasteiger charge is -2.29. The van der Waals surface area contributed by atoms with Crippen LogP contribution in [0.1, 0.15) is 46.5 Å². The summed E-state index contributed by atoms with van der Waals surface area (Å²) < 4.78 is 87.0. The number of nitrogens with one attached hydrogen (secondary N) is 2. The maximum atomic E-state index is 14.0. The molecule has 6 rings (SSSR count). The molecule has 4 atom stereocenters. The fraction of sp³-hybridized carbons (Fsp3) is 0.444. The van der Waals surface area contributed by atoms with Crippen molar-refractivity contribution in [2.24, 2.45) is 5.92 Å². The van der Waals surface area contributed by atoms with E-state index in [-0.39, 0.29) is 25.3 Å². The number of amides is 3. The van der Waals surface area contributed by atoms with Gasteiger partial charge in [0.05, 0.1) is 24.6 Å². The highest BCUT2D eigenvalue weighted by Gasteiger charge is 2.62. The quantitative estimate of drug-likeness (QED) is 0.248. The fourth-order valence-electron chi connectivity index (χ4n) is 6.23. The van der Waals surface area contributed by atoms with E-state index in [1.54, 1.807) is 45.0 Å². The SMILES string of the molecule is C=C[C@@H]1C[C@]1(NC(=O)[C@@H]1C[C@@H](Oc2nc(-c3ccc(OC(F)(F)F)cc3)cc3cc(OC)ccc23)CN1C(=O)OC(C)(C)C)C(=O)NS(=O)(=O)C1CC1.